The van der Waals surface area contributed by atoms with Crippen molar-refractivity contribution in [2.75, 3.05) is 4.90 Å². The summed E-state index contributed by atoms with van der Waals surface area (Å²) in [6, 6.07) is 51.1. The van der Waals surface area contributed by atoms with Gasteiger partial charge in [0.25, 0.3) is 0 Å². The van der Waals surface area contributed by atoms with Gasteiger partial charge in [-0.15, -0.1) is 22.7 Å². The summed E-state index contributed by atoms with van der Waals surface area (Å²) in [5, 5.41) is 2.26. The minimum atomic E-state index is -0.106. The number of aryl methyl sites for hydroxylation is 2. The Bertz CT molecular complexity index is 3180. The number of hydrogen-bond donors (Lipinski definition) is 0. The van der Waals surface area contributed by atoms with Crippen molar-refractivity contribution in [3.8, 4) is 53.6 Å². The largest absolute Gasteiger partial charge is 0.310 e. The summed E-state index contributed by atoms with van der Waals surface area (Å²) in [6.07, 6.45) is 12.2. The summed E-state index contributed by atoms with van der Waals surface area (Å²) in [4.78, 5) is 6.47. The van der Waals surface area contributed by atoms with Gasteiger partial charge in [-0.25, -0.2) is 0 Å². The summed E-state index contributed by atoms with van der Waals surface area (Å²) in [5.74, 6) is 0. The van der Waals surface area contributed by atoms with Gasteiger partial charge in [0.15, 0.2) is 0 Å². The van der Waals surface area contributed by atoms with Gasteiger partial charge in [0.2, 0.25) is 0 Å². The van der Waals surface area contributed by atoms with Gasteiger partial charge in [-0.1, -0.05) is 165 Å². The molecule has 0 atom stereocenters. The first-order chi connectivity index (χ1) is 33.2. The fraction of sp³-hybridized carbons (Fsp3) is 0.290. The molecule has 3 nitrogen and oxygen atoms in total. The molecule has 0 unspecified atom stereocenters. The molecule has 6 aromatic carbocycles. The molecule has 3 aromatic heterocycles. The average Bonchev–Trinajstić information content (AvgIpc) is 4.20. The number of unbranched alkanes of at least 4 members (excludes halogenated alkanes) is 6. The number of hydrogen-bond acceptors (Lipinski definition) is 6. The molecular formula is C62H61N3S3. The Morgan fingerprint density at radius 2 is 0.956 bits per heavy atom. The Labute approximate surface area is 415 Å². The SMILES string of the molecule is CCCCCCc1ccsc1-c1ccc(-c2sc(-c3ccc(N(c4ccc5c(c4)C(C)(C)c4ccccc4-5)c4ccc5c(c4)C(C)(C)c4ccccc4-5)cc3)cc2CCCCCC)c2nsnc12. The lowest BCUT2D eigenvalue weighted by Crippen LogP contribution is -2.18. The molecule has 0 aliphatic heterocycles. The van der Waals surface area contributed by atoms with Crippen LogP contribution in [0.4, 0.5) is 17.1 Å². The molecule has 11 rings (SSSR count). The molecule has 0 fully saturated rings. The lowest BCUT2D eigenvalue weighted by atomic mass is 9.82. The highest BCUT2D eigenvalue weighted by atomic mass is 32.1. The molecule has 2 aliphatic rings. The lowest BCUT2D eigenvalue weighted by Gasteiger charge is -2.30. The van der Waals surface area contributed by atoms with Crippen LogP contribution >= 0.6 is 34.4 Å². The summed E-state index contributed by atoms with van der Waals surface area (Å²) in [5.41, 5.74) is 22.8. The van der Waals surface area contributed by atoms with Crippen molar-refractivity contribution in [2.24, 2.45) is 0 Å². The van der Waals surface area contributed by atoms with Crippen LogP contribution in [-0.4, -0.2) is 8.75 Å². The number of rotatable bonds is 16. The van der Waals surface area contributed by atoms with Gasteiger partial charge in [0.1, 0.15) is 11.0 Å². The molecule has 3 heterocycles. The van der Waals surface area contributed by atoms with Crippen molar-refractivity contribution in [3.05, 3.63) is 172 Å². The summed E-state index contributed by atoms with van der Waals surface area (Å²) >= 11 is 5.11. The van der Waals surface area contributed by atoms with E-state index in [2.05, 4.69) is 185 Å². The van der Waals surface area contributed by atoms with Crippen LogP contribution in [0.5, 0.6) is 0 Å². The standard InChI is InChI=1S/C62H61N3S3/c1-7-9-11-13-19-41-35-36-66-59(41)50-33-34-51(58-57(50)63-68-64-58)60-42(20-14-12-10-8-2)37-56(67-60)40-25-27-43(28-26-40)65(44-29-31-48-46-21-15-17-23-52(46)61(3,4)54(48)38-44)45-30-32-49-47-22-16-18-24-53(47)62(5,6)55(49)39-45/h15-18,21-39H,7-14,19-20H2,1-6H3. The first-order valence-electron chi connectivity index (χ1n) is 25.0. The molecule has 0 radical (unpaired) electrons. The molecule has 0 saturated heterocycles. The zero-order valence-corrected chi connectivity index (χ0v) is 42.9. The molecule has 0 amide bonds. The molecule has 0 saturated carbocycles. The van der Waals surface area contributed by atoms with Crippen LogP contribution in [0, 0.1) is 0 Å². The zero-order chi connectivity index (χ0) is 46.6. The first-order valence-corrected chi connectivity index (χ1v) is 27.4. The van der Waals surface area contributed by atoms with E-state index in [1.165, 1.54) is 161 Å². The summed E-state index contributed by atoms with van der Waals surface area (Å²) in [7, 11) is 0. The van der Waals surface area contributed by atoms with Crippen molar-refractivity contribution >= 4 is 62.5 Å². The van der Waals surface area contributed by atoms with E-state index in [-0.39, 0.29) is 10.8 Å². The Kier molecular flexibility index (Phi) is 12.1. The number of anilines is 3. The van der Waals surface area contributed by atoms with E-state index < -0.39 is 0 Å². The molecule has 0 bridgehead atoms. The van der Waals surface area contributed by atoms with Crippen LogP contribution in [0.2, 0.25) is 0 Å². The van der Waals surface area contributed by atoms with Crippen LogP contribution in [0.1, 0.15) is 126 Å². The van der Waals surface area contributed by atoms with Crippen LogP contribution in [-0.2, 0) is 23.7 Å². The highest BCUT2D eigenvalue weighted by Crippen LogP contribution is 2.53. The van der Waals surface area contributed by atoms with Gasteiger partial charge in [-0.2, -0.15) is 8.75 Å². The van der Waals surface area contributed by atoms with Crippen LogP contribution in [0.3, 0.4) is 0 Å². The Balaban J connectivity index is 0.980. The van der Waals surface area contributed by atoms with Gasteiger partial charge in [0.05, 0.1) is 11.7 Å². The minimum Gasteiger partial charge on any atom is -0.310 e. The molecule has 6 heteroatoms. The van der Waals surface area contributed by atoms with E-state index in [9.17, 15) is 0 Å². The fourth-order valence-corrected chi connectivity index (χ4v) is 14.2. The van der Waals surface area contributed by atoms with E-state index in [0.717, 1.165) is 29.6 Å². The quantitative estimate of drug-likeness (QED) is 0.0904. The average molecular weight is 944 g/mol. The number of benzene rings is 6. The minimum absolute atomic E-state index is 0.106. The maximum atomic E-state index is 5.02. The third-order valence-corrected chi connectivity index (χ3v) is 17.9. The van der Waals surface area contributed by atoms with Gasteiger partial charge in [0, 0.05) is 53.7 Å². The fourth-order valence-electron chi connectivity index (χ4n) is 11.4. The second-order valence-corrected chi connectivity index (χ2v) is 22.7. The van der Waals surface area contributed by atoms with Crippen molar-refractivity contribution in [1.82, 2.24) is 8.75 Å². The molecule has 342 valence electrons. The van der Waals surface area contributed by atoms with Crippen LogP contribution in [0.25, 0.3) is 64.6 Å². The van der Waals surface area contributed by atoms with Crippen molar-refractivity contribution in [1.29, 1.82) is 0 Å². The Hall–Kier alpha value is -5.66. The number of nitrogens with zero attached hydrogens (tertiary/aromatic N) is 3. The van der Waals surface area contributed by atoms with E-state index >= 15 is 0 Å². The third-order valence-electron chi connectivity index (χ3n) is 15.1. The third kappa shape index (κ3) is 7.77. The monoisotopic (exact) mass is 943 g/mol. The molecule has 0 spiro atoms. The second-order valence-electron chi connectivity index (χ2n) is 20.2. The predicted molar refractivity (Wildman–Crippen MR) is 295 cm³/mol. The highest BCUT2D eigenvalue weighted by Gasteiger charge is 2.38. The molecule has 68 heavy (non-hydrogen) atoms. The second kappa shape index (κ2) is 18.3. The van der Waals surface area contributed by atoms with Gasteiger partial charge in [-0.05, 0) is 141 Å². The number of fused-ring (bicyclic) bond motifs is 7. The molecule has 0 N–H and O–H groups in total. The number of thiophene rings is 2. The van der Waals surface area contributed by atoms with E-state index in [4.69, 9.17) is 8.75 Å². The zero-order valence-electron chi connectivity index (χ0n) is 40.4. The maximum absolute atomic E-state index is 5.02. The Morgan fingerprint density at radius 1 is 0.456 bits per heavy atom. The van der Waals surface area contributed by atoms with Crippen molar-refractivity contribution < 1.29 is 0 Å². The molecule has 9 aromatic rings. The topological polar surface area (TPSA) is 29.0 Å². The van der Waals surface area contributed by atoms with Gasteiger partial charge in [-0.3, -0.25) is 0 Å². The van der Waals surface area contributed by atoms with Crippen LogP contribution < -0.4 is 4.90 Å². The van der Waals surface area contributed by atoms with E-state index in [1.54, 1.807) is 0 Å². The van der Waals surface area contributed by atoms with E-state index in [0.29, 0.717) is 0 Å². The van der Waals surface area contributed by atoms with Gasteiger partial charge < -0.3 is 4.90 Å². The van der Waals surface area contributed by atoms with Crippen molar-refractivity contribution in [2.45, 2.75) is 117 Å². The molecule has 2 aliphatic carbocycles. The predicted octanol–water partition coefficient (Wildman–Crippen LogP) is 19.1. The highest BCUT2D eigenvalue weighted by molar-refractivity contribution is 7.19. The normalized spacial score (nSPS) is 14.0. The number of aromatic nitrogens is 2. The maximum Gasteiger partial charge on any atom is 0.114 e. The summed E-state index contributed by atoms with van der Waals surface area (Å²) in [6.45, 7) is 14.1. The summed E-state index contributed by atoms with van der Waals surface area (Å²) < 4.78 is 10.0. The van der Waals surface area contributed by atoms with Gasteiger partial charge >= 0.3 is 0 Å². The lowest BCUT2D eigenvalue weighted by molar-refractivity contribution is 0.660. The molecular weight excluding hydrogens is 883 g/mol. The first kappa shape index (κ1) is 44.8. The van der Waals surface area contributed by atoms with Crippen molar-refractivity contribution in [3.63, 3.8) is 0 Å². The smallest absolute Gasteiger partial charge is 0.114 e. The van der Waals surface area contributed by atoms with Crippen LogP contribution in [0.15, 0.2) is 139 Å². The van der Waals surface area contributed by atoms with E-state index in [1.807, 2.05) is 22.7 Å². The Morgan fingerprint density at radius 3 is 1.53 bits per heavy atom.